The molecule has 1 saturated heterocycles. The number of cyclic esters (lactones) is 1. The van der Waals surface area contributed by atoms with Crippen LogP contribution < -0.4 is 10.6 Å². The van der Waals surface area contributed by atoms with E-state index in [4.69, 9.17) is 10.5 Å². The first-order chi connectivity index (χ1) is 7.18. The van der Waals surface area contributed by atoms with Gasteiger partial charge >= 0.3 is 5.97 Å². The van der Waals surface area contributed by atoms with Crippen LogP contribution >= 0.6 is 0 Å². The molecule has 1 aromatic carbocycles. The molecule has 0 amide bonds. The molecule has 0 aromatic heterocycles. The molecule has 4 heteroatoms. The number of likely N-dealkylation sites (N-methyl/N-ethyl adjacent to an activating group) is 1. The molecule has 1 fully saturated rings. The van der Waals surface area contributed by atoms with Gasteiger partial charge in [0.15, 0.2) is 0 Å². The quantitative estimate of drug-likeness (QED) is 0.580. The second kappa shape index (κ2) is 3.81. The van der Waals surface area contributed by atoms with E-state index in [1.165, 1.54) is 0 Å². The summed E-state index contributed by atoms with van der Waals surface area (Å²) in [6.45, 7) is 0.517. The van der Waals surface area contributed by atoms with Gasteiger partial charge in [-0.1, -0.05) is 0 Å². The molecule has 1 atom stereocenters. The Morgan fingerprint density at radius 3 is 2.60 bits per heavy atom. The highest BCUT2D eigenvalue weighted by Gasteiger charge is 2.30. The number of hydrogen-bond acceptors (Lipinski definition) is 4. The Morgan fingerprint density at radius 1 is 1.40 bits per heavy atom. The van der Waals surface area contributed by atoms with Crippen molar-refractivity contribution in [3.05, 3.63) is 24.3 Å². The maximum absolute atomic E-state index is 11.4. The third kappa shape index (κ3) is 1.88. The second-order valence-electron chi connectivity index (χ2n) is 3.67. The van der Waals surface area contributed by atoms with Crippen LogP contribution in [-0.4, -0.2) is 25.7 Å². The molecule has 0 spiro atoms. The summed E-state index contributed by atoms with van der Waals surface area (Å²) in [6, 6.07) is 7.30. The van der Waals surface area contributed by atoms with Crippen LogP contribution in [0.25, 0.3) is 0 Å². The lowest BCUT2D eigenvalue weighted by molar-refractivity contribution is -0.139. The van der Waals surface area contributed by atoms with Crippen LogP contribution in [0.3, 0.4) is 0 Å². The zero-order chi connectivity index (χ0) is 10.8. The number of esters is 1. The number of hydrogen-bond donors (Lipinski definition) is 1. The molecule has 15 heavy (non-hydrogen) atoms. The molecule has 1 unspecified atom stereocenters. The molecule has 2 rings (SSSR count). The fraction of sp³-hybridized carbons (Fsp3) is 0.364. The molecule has 0 bridgehead atoms. The topological polar surface area (TPSA) is 55.6 Å². The van der Waals surface area contributed by atoms with Gasteiger partial charge < -0.3 is 15.4 Å². The van der Waals surface area contributed by atoms with Crippen molar-refractivity contribution in [3.8, 4) is 0 Å². The first-order valence-corrected chi connectivity index (χ1v) is 4.93. The molecule has 0 aliphatic carbocycles. The fourth-order valence-electron chi connectivity index (χ4n) is 1.73. The van der Waals surface area contributed by atoms with Crippen LogP contribution in [0.15, 0.2) is 24.3 Å². The molecule has 80 valence electrons. The van der Waals surface area contributed by atoms with Crippen molar-refractivity contribution in [3.63, 3.8) is 0 Å². The van der Waals surface area contributed by atoms with Gasteiger partial charge in [-0.05, 0) is 24.3 Å². The maximum Gasteiger partial charge on any atom is 0.328 e. The van der Waals surface area contributed by atoms with Crippen LogP contribution in [0, 0.1) is 0 Å². The number of carbonyl (C=O) groups excluding carboxylic acids is 1. The molecule has 1 heterocycles. The molecule has 2 N–H and O–H groups in total. The zero-order valence-corrected chi connectivity index (χ0v) is 8.64. The van der Waals surface area contributed by atoms with Crippen molar-refractivity contribution >= 4 is 17.3 Å². The molecular weight excluding hydrogens is 192 g/mol. The van der Waals surface area contributed by atoms with Gasteiger partial charge in [-0.2, -0.15) is 0 Å². The molecule has 0 radical (unpaired) electrons. The lowest BCUT2D eigenvalue weighted by Crippen LogP contribution is -2.35. The Hall–Kier alpha value is -1.71. The van der Waals surface area contributed by atoms with Gasteiger partial charge in [0.05, 0.1) is 6.61 Å². The molecule has 0 saturated carbocycles. The Bertz CT molecular complexity index is 361. The number of nitrogens with two attached hydrogens (primary N) is 1. The monoisotopic (exact) mass is 206 g/mol. The Labute approximate surface area is 88.6 Å². The van der Waals surface area contributed by atoms with Crippen molar-refractivity contribution in [1.82, 2.24) is 0 Å². The normalized spacial score (nSPS) is 20.1. The molecular formula is C11H14N2O2. The zero-order valence-electron chi connectivity index (χ0n) is 8.64. The molecule has 4 nitrogen and oxygen atoms in total. The Balaban J connectivity index is 2.16. The van der Waals surface area contributed by atoms with Crippen LogP contribution in [0.1, 0.15) is 6.42 Å². The largest absolute Gasteiger partial charge is 0.464 e. The average Bonchev–Trinajstić information content (AvgIpc) is 2.65. The summed E-state index contributed by atoms with van der Waals surface area (Å²) in [7, 11) is 1.89. The van der Waals surface area contributed by atoms with Crippen LogP contribution in [-0.2, 0) is 9.53 Å². The van der Waals surface area contributed by atoms with Crippen molar-refractivity contribution < 1.29 is 9.53 Å². The number of nitrogen functional groups attached to an aromatic ring is 1. The molecule has 1 aromatic rings. The first kappa shape index (κ1) is 9.83. The fourth-order valence-corrected chi connectivity index (χ4v) is 1.73. The van der Waals surface area contributed by atoms with Gasteiger partial charge in [0.25, 0.3) is 0 Å². The van der Waals surface area contributed by atoms with E-state index in [1.54, 1.807) is 0 Å². The number of anilines is 2. The van der Waals surface area contributed by atoms with Gasteiger partial charge in [-0.15, -0.1) is 0 Å². The summed E-state index contributed by atoms with van der Waals surface area (Å²) in [5.41, 5.74) is 7.30. The second-order valence-corrected chi connectivity index (χ2v) is 3.67. The van der Waals surface area contributed by atoms with E-state index in [-0.39, 0.29) is 12.0 Å². The third-order valence-electron chi connectivity index (χ3n) is 2.68. The van der Waals surface area contributed by atoms with Crippen molar-refractivity contribution in [2.75, 3.05) is 24.3 Å². The highest BCUT2D eigenvalue weighted by molar-refractivity contribution is 5.81. The van der Waals surface area contributed by atoms with Gasteiger partial charge in [0.2, 0.25) is 0 Å². The summed E-state index contributed by atoms with van der Waals surface area (Å²) >= 11 is 0. The van der Waals surface area contributed by atoms with E-state index < -0.39 is 0 Å². The predicted molar refractivity (Wildman–Crippen MR) is 58.6 cm³/mol. The maximum atomic E-state index is 11.4. The van der Waals surface area contributed by atoms with Gasteiger partial charge in [-0.3, -0.25) is 0 Å². The number of nitrogens with zero attached hydrogens (tertiary/aromatic N) is 1. The SMILES string of the molecule is CN(c1ccc(N)cc1)C1CCOC1=O. The molecule has 1 aliphatic rings. The highest BCUT2D eigenvalue weighted by atomic mass is 16.5. The predicted octanol–water partition coefficient (Wildman–Crippen LogP) is 1.02. The standard InChI is InChI=1S/C11H14N2O2/c1-13(10-6-7-15-11(10)14)9-4-2-8(12)3-5-9/h2-5,10H,6-7,12H2,1H3. The number of benzene rings is 1. The van der Waals surface area contributed by atoms with Gasteiger partial charge in [-0.25, -0.2) is 4.79 Å². The highest BCUT2D eigenvalue weighted by Crippen LogP contribution is 2.21. The van der Waals surface area contributed by atoms with E-state index in [1.807, 2.05) is 36.2 Å². The van der Waals surface area contributed by atoms with E-state index >= 15 is 0 Å². The Morgan fingerprint density at radius 2 is 2.07 bits per heavy atom. The summed E-state index contributed by atoms with van der Waals surface area (Å²) in [6.07, 6.45) is 0.750. The summed E-state index contributed by atoms with van der Waals surface area (Å²) in [4.78, 5) is 13.3. The molecule has 1 aliphatic heterocycles. The summed E-state index contributed by atoms with van der Waals surface area (Å²) in [5.74, 6) is -0.144. The van der Waals surface area contributed by atoms with Crippen LogP contribution in [0.5, 0.6) is 0 Å². The summed E-state index contributed by atoms with van der Waals surface area (Å²) < 4.78 is 4.93. The minimum absolute atomic E-state index is 0.144. The van der Waals surface area contributed by atoms with Crippen molar-refractivity contribution in [2.45, 2.75) is 12.5 Å². The van der Waals surface area contributed by atoms with E-state index in [0.717, 1.165) is 17.8 Å². The number of ether oxygens (including phenoxy) is 1. The first-order valence-electron chi connectivity index (χ1n) is 4.93. The minimum Gasteiger partial charge on any atom is -0.464 e. The smallest absolute Gasteiger partial charge is 0.328 e. The van der Waals surface area contributed by atoms with Gasteiger partial charge in [0, 0.05) is 24.8 Å². The number of carbonyl (C=O) groups is 1. The van der Waals surface area contributed by atoms with Crippen molar-refractivity contribution in [1.29, 1.82) is 0 Å². The average molecular weight is 206 g/mol. The minimum atomic E-state index is -0.159. The third-order valence-corrected chi connectivity index (χ3v) is 2.68. The van der Waals surface area contributed by atoms with Gasteiger partial charge in [0.1, 0.15) is 6.04 Å². The summed E-state index contributed by atoms with van der Waals surface area (Å²) in [5, 5.41) is 0. The lowest BCUT2D eigenvalue weighted by Gasteiger charge is -2.23. The van der Waals surface area contributed by atoms with E-state index in [0.29, 0.717) is 6.61 Å². The van der Waals surface area contributed by atoms with Crippen LogP contribution in [0.2, 0.25) is 0 Å². The Kier molecular flexibility index (Phi) is 2.49. The van der Waals surface area contributed by atoms with Crippen molar-refractivity contribution in [2.24, 2.45) is 0 Å². The lowest BCUT2D eigenvalue weighted by atomic mass is 10.2. The number of rotatable bonds is 2. The van der Waals surface area contributed by atoms with E-state index in [9.17, 15) is 4.79 Å². The van der Waals surface area contributed by atoms with Crippen LogP contribution in [0.4, 0.5) is 11.4 Å². The van der Waals surface area contributed by atoms with E-state index in [2.05, 4.69) is 0 Å².